The second-order valence-electron chi connectivity index (χ2n) is 7.17. The summed E-state index contributed by atoms with van der Waals surface area (Å²) in [6.45, 7) is 5.69. The molecule has 1 N–H and O–H groups in total. The van der Waals surface area contributed by atoms with Gasteiger partial charge in [0.25, 0.3) is 5.91 Å². The minimum absolute atomic E-state index is 0.0891. The fraction of sp³-hybridized carbons (Fsp3) is 0.318. The predicted octanol–water partition coefficient (Wildman–Crippen LogP) is 3.15. The number of para-hydroxylation sites is 1. The molecule has 6 heteroatoms. The maximum absolute atomic E-state index is 12.3. The van der Waals surface area contributed by atoms with Crippen LogP contribution in [0.15, 0.2) is 42.5 Å². The van der Waals surface area contributed by atoms with Crippen LogP contribution in [0.1, 0.15) is 23.1 Å². The number of hydrogen-bond donors (Lipinski definition) is 1. The molecule has 2 aromatic carbocycles. The van der Waals surface area contributed by atoms with E-state index in [0.29, 0.717) is 5.69 Å². The van der Waals surface area contributed by atoms with Gasteiger partial charge in [-0.3, -0.25) is 14.4 Å². The molecule has 1 fully saturated rings. The van der Waals surface area contributed by atoms with Crippen LogP contribution < -0.4 is 10.2 Å². The molecule has 0 unspecified atom stereocenters. The standard InChI is InChI=1S/C22H24N2O4/c1-14-8-9-18(16(3)10-14)23-20(25)13-28-22(27)17-11-21(26)24(12-17)19-7-5-4-6-15(19)2/h4-10,17H,11-13H2,1-3H3,(H,23,25)/t17-/m1/s1. The number of aryl methyl sites for hydroxylation is 3. The van der Waals surface area contributed by atoms with E-state index in [0.717, 1.165) is 22.4 Å². The molecule has 0 aromatic heterocycles. The van der Waals surface area contributed by atoms with Gasteiger partial charge in [-0.25, -0.2) is 0 Å². The van der Waals surface area contributed by atoms with Crippen molar-refractivity contribution in [2.45, 2.75) is 27.2 Å². The van der Waals surface area contributed by atoms with Crippen molar-refractivity contribution in [3.8, 4) is 0 Å². The number of carbonyl (C=O) groups excluding carboxylic acids is 3. The summed E-state index contributed by atoms with van der Waals surface area (Å²) in [5, 5.41) is 2.74. The molecular weight excluding hydrogens is 356 g/mol. The number of nitrogens with zero attached hydrogens (tertiary/aromatic N) is 1. The van der Waals surface area contributed by atoms with Crippen molar-refractivity contribution in [1.29, 1.82) is 0 Å². The van der Waals surface area contributed by atoms with Crippen molar-refractivity contribution < 1.29 is 19.1 Å². The molecule has 1 saturated heterocycles. The Morgan fingerprint density at radius 2 is 1.86 bits per heavy atom. The van der Waals surface area contributed by atoms with Crippen molar-refractivity contribution in [3.05, 3.63) is 59.2 Å². The van der Waals surface area contributed by atoms with Crippen molar-refractivity contribution in [3.63, 3.8) is 0 Å². The number of esters is 1. The van der Waals surface area contributed by atoms with Gasteiger partial charge in [-0.05, 0) is 44.0 Å². The minimum Gasteiger partial charge on any atom is -0.455 e. The minimum atomic E-state index is -0.569. The fourth-order valence-electron chi connectivity index (χ4n) is 3.36. The summed E-state index contributed by atoms with van der Waals surface area (Å²) in [4.78, 5) is 38.4. The van der Waals surface area contributed by atoms with E-state index in [4.69, 9.17) is 4.74 Å². The number of amides is 2. The number of benzene rings is 2. The third kappa shape index (κ3) is 4.39. The topological polar surface area (TPSA) is 75.7 Å². The molecule has 0 bridgehead atoms. The Hall–Kier alpha value is -3.15. The van der Waals surface area contributed by atoms with E-state index in [9.17, 15) is 14.4 Å². The first-order chi connectivity index (χ1) is 13.3. The van der Waals surface area contributed by atoms with E-state index in [1.807, 2.05) is 63.2 Å². The smallest absolute Gasteiger partial charge is 0.311 e. The highest BCUT2D eigenvalue weighted by atomic mass is 16.5. The molecule has 3 rings (SSSR count). The van der Waals surface area contributed by atoms with Crippen molar-refractivity contribution >= 4 is 29.2 Å². The van der Waals surface area contributed by atoms with Crippen LogP contribution in [0.25, 0.3) is 0 Å². The lowest BCUT2D eigenvalue weighted by Gasteiger charge is -2.18. The van der Waals surface area contributed by atoms with Crippen molar-refractivity contribution in [1.82, 2.24) is 0 Å². The summed E-state index contributed by atoms with van der Waals surface area (Å²) in [5.74, 6) is -1.61. The Labute approximate surface area is 164 Å². The average Bonchev–Trinajstić information content (AvgIpc) is 3.04. The van der Waals surface area contributed by atoms with Crippen molar-refractivity contribution in [2.75, 3.05) is 23.4 Å². The summed E-state index contributed by atoms with van der Waals surface area (Å²) in [7, 11) is 0. The maximum atomic E-state index is 12.3. The molecule has 0 spiro atoms. The highest BCUT2D eigenvalue weighted by Crippen LogP contribution is 2.28. The van der Waals surface area contributed by atoms with Gasteiger partial charge >= 0.3 is 5.97 Å². The molecule has 1 atom stereocenters. The summed E-state index contributed by atoms with van der Waals surface area (Å²) in [6.07, 6.45) is 0.0891. The van der Waals surface area contributed by atoms with Crippen LogP contribution in [0.4, 0.5) is 11.4 Å². The molecule has 0 radical (unpaired) electrons. The Kier molecular flexibility index (Phi) is 5.78. The maximum Gasteiger partial charge on any atom is 0.311 e. The molecule has 1 aliphatic heterocycles. The van der Waals surface area contributed by atoms with Crippen LogP contribution in [0.5, 0.6) is 0 Å². The first-order valence-electron chi connectivity index (χ1n) is 9.25. The molecule has 0 saturated carbocycles. The largest absolute Gasteiger partial charge is 0.455 e. The summed E-state index contributed by atoms with van der Waals surface area (Å²) in [5.41, 5.74) is 4.50. The van der Waals surface area contributed by atoms with Crippen LogP contribution in [0.2, 0.25) is 0 Å². The molecule has 2 aromatic rings. The Bertz CT molecular complexity index is 923. The Morgan fingerprint density at radius 3 is 2.57 bits per heavy atom. The van der Waals surface area contributed by atoms with Crippen LogP contribution >= 0.6 is 0 Å². The quantitative estimate of drug-likeness (QED) is 0.809. The first-order valence-corrected chi connectivity index (χ1v) is 9.25. The van der Waals surface area contributed by atoms with Crippen LogP contribution in [-0.4, -0.2) is 30.9 Å². The second-order valence-corrected chi connectivity index (χ2v) is 7.17. The predicted molar refractivity (Wildman–Crippen MR) is 107 cm³/mol. The SMILES string of the molecule is Cc1ccc(NC(=O)COC(=O)[C@@H]2CC(=O)N(c3ccccc3C)C2)c(C)c1. The van der Waals surface area contributed by atoms with Gasteiger partial charge in [-0.2, -0.15) is 0 Å². The van der Waals surface area contributed by atoms with E-state index in [2.05, 4.69) is 5.32 Å². The average molecular weight is 380 g/mol. The molecular formula is C22H24N2O4. The van der Waals surface area contributed by atoms with Gasteiger partial charge in [-0.15, -0.1) is 0 Å². The van der Waals surface area contributed by atoms with E-state index < -0.39 is 17.8 Å². The zero-order valence-corrected chi connectivity index (χ0v) is 16.3. The normalized spacial score (nSPS) is 16.2. The van der Waals surface area contributed by atoms with Crippen molar-refractivity contribution in [2.24, 2.45) is 5.92 Å². The highest BCUT2D eigenvalue weighted by Gasteiger charge is 2.36. The molecule has 28 heavy (non-hydrogen) atoms. The molecule has 0 aliphatic carbocycles. The third-order valence-electron chi connectivity index (χ3n) is 4.87. The zero-order valence-electron chi connectivity index (χ0n) is 16.3. The monoisotopic (exact) mass is 380 g/mol. The summed E-state index contributed by atoms with van der Waals surface area (Å²) >= 11 is 0. The van der Waals surface area contributed by atoms with Gasteiger partial charge in [0.1, 0.15) is 0 Å². The molecule has 2 amide bonds. The lowest BCUT2D eigenvalue weighted by atomic mass is 10.1. The lowest BCUT2D eigenvalue weighted by molar-refractivity contribution is -0.151. The fourth-order valence-corrected chi connectivity index (χ4v) is 3.36. The van der Waals surface area contributed by atoms with E-state index in [1.165, 1.54) is 0 Å². The lowest BCUT2D eigenvalue weighted by Crippen LogP contribution is -2.28. The Morgan fingerprint density at radius 1 is 1.11 bits per heavy atom. The second kappa shape index (κ2) is 8.25. The number of nitrogens with one attached hydrogen (secondary N) is 1. The molecule has 146 valence electrons. The zero-order chi connectivity index (χ0) is 20.3. The number of ether oxygens (including phenoxy) is 1. The van der Waals surface area contributed by atoms with Crippen LogP contribution in [0, 0.1) is 26.7 Å². The van der Waals surface area contributed by atoms with Crippen LogP contribution in [0.3, 0.4) is 0 Å². The van der Waals surface area contributed by atoms with Gasteiger partial charge in [0.2, 0.25) is 5.91 Å². The summed E-state index contributed by atoms with van der Waals surface area (Å²) < 4.78 is 5.16. The number of hydrogen-bond acceptors (Lipinski definition) is 4. The van der Waals surface area contributed by atoms with Crippen LogP contribution in [-0.2, 0) is 19.1 Å². The highest BCUT2D eigenvalue weighted by molar-refractivity contribution is 6.00. The number of carbonyl (C=O) groups is 3. The van der Waals surface area contributed by atoms with E-state index >= 15 is 0 Å². The first kappa shape index (κ1) is 19.6. The molecule has 1 aliphatic rings. The molecule has 1 heterocycles. The number of rotatable bonds is 5. The van der Waals surface area contributed by atoms with Gasteiger partial charge in [0.15, 0.2) is 6.61 Å². The number of anilines is 2. The Balaban J connectivity index is 1.54. The third-order valence-corrected chi connectivity index (χ3v) is 4.87. The van der Waals surface area contributed by atoms with E-state index in [1.54, 1.807) is 4.90 Å². The molecule has 6 nitrogen and oxygen atoms in total. The van der Waals surface area contributed by atoms with Gasteiger partial charge < -0.3 is 15.0 Å². The van der Waals surface area contributed by atoms with Gasteiger partial charge in [0.05, 0.1) is 5.92 Å². The van der Waals surface area contributed by atoms with Gasteiger partial charge in [-0.1, -0.05) is 35.9 Å². The van der Waals surface area contributed by atoms with Gasteiger partial charge in [0, 0.05) is 24.3 Å². The summed E-state index contributed by atoms with van der Waals surface area (Å²) in [6, 6.07) is 13.2. The van der Waals surface area contributed by atoms with E-state index in [-0.39, 0.29) is 25.5 Å².